The van der Waals surface area contributed by atoms with Gasteiger partial charge in [0.15, 0.2) is 11.5 Å². The van der Waals surface area contributed by atoms with Crippen LogP contribution in [0.2, 0.25) is 5.02 Å². The number of ether oxygens (including phenoxy) is 2. The van der Waals surface area contributed by atoms with Crippen molar-refractivity contribution in [2.45, 2.75) is 38.1 Å². The molecule has 6 heteroatoms. The Morgan fingerprint density at radius 1 is 1.14 bits per heavy atom. The van der Waals surface area contributed by atoms with E-state index in [0.717, 1.165) is 49.5 Å². The van der Waals surface area contributed by atoms with Gasteiger partial charge in [0.25, 0.3) is 0 Å². The minimum atomic E-state index is 0.234. The van der Waals surface area contributed by atoms with Crippen LogP contribution in [0.1, 0.15) is 31.2 Å². The highest BCUT2D eigenvalue weighted by atomic mass is 35.5. The first-order valence-electron chi connectivity index (χ1n) is 10.1. The number of amides is 1. The van der Waals surface area contributed by atoms with Gasteiger partial charge in [-0.05, 0) is 55.5 Å². The van der Waals surface area contributed by atoms with E-state index < -0.39 is 0 Å². The Morgan fingerprint density at radius 2 is 1.90 bits per heavy atom. The zero-order chi connectivity index (χ0) is 20.6. The fourth-order valence-corrected chi connectivity index (χ4v) is 3.86. The summed E-state index contributed by atoms with van der Waals surface area (Å²) >= 11 is 5.92. The molecule has 2 aromatic carbocycles. The monoisotopic (exact) mass is 416 g/mol. The van der Waals surface area contributed by atoms with Crippen LogP contribution in [-0.4, -0.2) is 44.2 Å². The van der Waals surface area contributed by atoms with E-state index in [1.165, 1.54) is 5.56 Å². The van der Waals surface area contributed by atoms with Crippen molar-refractivity contribution in [1.82, 2.24) is 4.90 Å². The summed E-state index contributed by atoms with van der Waals surface area (Å²) in [5.41, 5.74) is 2.19. The Hall–Kier alpha value is -2.40. The maximum atomic E-state index is 12.7. The molecule has 2 aromatic rings. The summed E-state index contributed by atoms with van der Waals surface area (Å²) < 4.78 is 10.7. The van der Waals surface area contributed by atoms with Gasteiger partial charge in [0.2, 0.25) is 5.91 Å². The zero-order valence-corrected chi connectivity index (χ0v) is 17.9. The molecule has 0 aromatic heterocycles. The Morgan fingerprint density at radius 3 is 2.62 bits per heavy atom. The van der Waals surface area contributed by atoms with E-state index >= 15 is 0 Å². The topological polar surface area (TPSA) is 50.8 Å². The normalized spacial score (nSPS) is 16.4. The van der Waals surface area contributed by atoms with Gasteiger partial charge in [-0.25, -0.2) is 0 Å². The highest BCUT2D eigenvalue weighted by molar-refractivity contribution is 6.30. The molecule has 0 spiro atoms. The van der Waals surface area contributed by atoms with Crippen molar-refractivity contribution < 1.29 is 14.3 Å². The van der Waals surface area contributed by atoms with Gasteiger partial charge in [-0.2, -0.15) is 0 Å². The molecule has 29 heavy (non-hydrogen) atoms. The van der Waals surface area contributed by atoms with Crippen molar-refractivity contribution in [1.29, 1.82) is 0 Å². The van der Waals surface area contributed by atoms with Crippen LogP contribution in [-0.2, 0) is 11.2 Å². The molecule has 0 aliphatic carbocycles. The van der Waals surface area contributed by atoms with Gasteiger partial charge in [0.05, 0.1) is 14.2 Å². The molecule has 1 atom stereocenters. The summed E-state index contributed by atoms with van der Waals surface area (Å²) in [4.78, 5) is 14.7. The summed E-state index contributed by atoms with van der Waals surface area (Å²) in [6.45, 7) is 1.57. The number of carbonyl (C=O) groups excluding carboxylic acids is 1. The highest BCUT2D eigenvalue weighted by Gasteiger charge is 2.23. The van der Waals surface area contributed by atoms with Gasteiger partial charge in [0, 0.05) is 42.3 Å². The first-order valence-corrected chi connectivity index (χ1v) is 10.5. The third-order valence-electron chi connectivity index (χ3n) is 5.30. The number of piperidine rings is 1. The number of likely N-dealkylation sites (tertiary alicyclic amines) is 1. The molecule has 1 saturated heterocycles. The van der Waals surface area contributed by atoms with Crippen LogP contribution >= 0.6 is 11.6 Å². The van der Waals surface area contributed by atoms with Crippen LogP contribution in [0.5, 0.6) is 11.5 Å². The number of nitrogens with zero attached hydrogens (tertiary/aromatic N) is 1. The van der Waals surface area contributed by atoms with Crippen molar-refractivity contribution in [3.63, 3.8) is 0 Å². The first-order chi connectivity index (χ1) is 14.1. The Labute approximate surface area is 177 Å². The van der Waals surface area contributed by atoms with Crippen LogP contribution in [0.4, 0.5) is 5.69 Å². The molecule has 1 amide bonds. The number of hydrogen-bond acceptors (Lipinski definition) is 4. The van der Waals surface area contributed by atoms with Gasteiger partial charge >= 0.3 is 0 Å². The SMILES string of the molecule is COc1ccc(N[C@@H]2CCCN(C(=O)CCCc3ccc(Cl)cc3)C2)cc1OC. The number of methoxy groups -OCH3 is 2. The highest BCUT2D eigenvalue weighted by Crippen LogP contribution is 2.30. The third kappa shape index (κ3) is 6.04. The molecule has 0 radical (unpaired) electrons. The average Bonchev–Trinajstić information content (AvgIpc) is 2.75. The van der Waals surface area contributed by atoms with E-state index in [0.29, 0.717) is 17.9 Å². The van der Waals surface area contributed by atoms with Gasteiger partial charge in [-0.1, -0.05) is 23.7 Å². The smallest absolute Gasteiger partial charge is 0.222 e. The van der Waals surface area contributed by atoms with E-state index in [1.54, 1.807) is 14.2 Å². The number of aryl methyl sites for hydroxylation is 1. The van der Waals surface area contributed by atoms with Gasteiger partial charge in [-0.15, -0.1) is 0 Å². The second-order valence-corrected chi connectivity index (χ2v) is 7.81. The molecule has 3 rings (SSSR count). The number of nitrogens with one attached hydrogen (secondary N) is 1. The molecule has 0 bridgehead atoms. The number of carbonyl (C=O) groups is 1. The second-order valence-electron chi connectivity index (χ2n) is 7.37. The maximum Gasteiger partial charge on any atom is 0.222 e. The fraction of sp³-hybridized carbons (Fsp3) is 0.435. The van der Waals surface area contributed by atoms with Crippen LogP contribution in [0.15, 0.2) is 42.5 Å². The molecule has 0 saturated carbocycles. The minimum Gasteiger partial charge on any atom is -0.493 e. The molecule has 1 aliphatic rings. The van der Waals surface area contributed by atoms with Gasteiger partial charge < -0.3 is 19.7 Å². The second kappa shape index (κ2) is 10.4. The lowest BCUT2D eigenvalue weighted by Gasteiger charge is -2.34. The summed E-state index contributed by atoms with van der Waals surface area (Å²) in [6, 6.07) is 13.9. The van der Waals surface area contributed by atoms with Crippen LogP contribution in [0.3, 0.4) is 0 Å². The standard InChI is InChI=1S/C23H29ClN2O3/c1-28-21-13-12-19(15-22(21)29-2)25-20-6-4-14-26(16-20)23(27)7-3-5-17-8-10-18(24)11-9-17/h8-13,15,20,25H,3-7,14,16H2,1-2H3/t20-/m1/s1. The summed E-state index contributed by atoms with van der Waals surface area (Å²) in [6.07, 6.45) is 4.37. The molecule has 1 aliphatic heterocycles. The predicted molar refractivity (Wildman–Crippen MR) is 117 cm³/mol. The zero-order valence-electron chi connectivity index (χ0n) is 17.1. The number of hydrogen-bond donors (Lipinski definition) is 1. The quantitative estimate of drug-likeness (QED) is 0.672. The van der Waals surface area contributed by atoms with Crippen molar-refractivity contribution in [3.05, 3.63) is 53.1 Å². The summed E-state index contributed by atoms with van der Waals surface area (Å²) in [5, 5.41) is 4.28. The molecule has 1 N–H and O–H groups in total. The molecule has 5 nitrogen and oxygen atoms in total. The lowest BCUT2D eigenvalue weighted by Crippen LogP contribution is -2.45. The maximum absolute atomic E-state index is 12.7. The van der Waals surface area contributed by atoms with E-state index in [-0.39, 0.29) is 11.9 Å². The number of anilines is 1. The Balaban J connectivity index is 1.49. The van der Waals surface area contributed by atoms with E-state index in [9.17, 15) is 4.79 Å². The minimum absolute atomic E-state index is 0.234. The molecular formula is C23H29ClN2O3. The van der Waals surface area contributed by atoms with E-state index in [2.05, 4.69) is 5.32 Å². The fourth-order valence-electron chi connectivity index (χ4n) is 3.74. The predicted octanol–water partition coefficient (Wildman–Crippen LogP) is 4.78. The number of rotatable bonds is 8. The molecule has 1 heterocycles. The Bertz CT molecular complexity index is 810. The van der Waals surface area contributed by atoms with Crippen molar-refractivity contribution >= 4 is 23.2 Å². The van der Waals surface area contributed by atoms with Crippen molar-refractivity contribution in [2.24, 2.45) is 0 Å². The van der Waals surface area contributed by atoms with Crippen molar-refractivity contribution in [2.75, 3.05) is 32.6 Å². The summed E-state index contributed by atoms with van der Waals surface area (Å²) in [7, 11) is 3.26. The van der Waals surface area contributed by atoms with Crippen LogP contribution in [0, 0.1) is 0 Å². The van der Waals surface area contributed by atoms with Crippen molar-refractivity contribution in [3.8, 4) is 11.5 Å². The van der Waals surface area contributed by atoms with Gasteiger partial charge in [0.1, 0.15) is 0 Å². The lowest BCUT2D eigenvalue weighted by molar-refractivity contribution is -0.132. The summed E-state index contributed by atoms with van der Waals surface area (Å²) in [5.74, 6) is 1.64. The van der Waals surface area contributed by atoms with Crippen LogP contribution < -0.4 is 14.8 Å². The third-order valence-corrected chi connectivity index (χ3v) is 5.55. The lowest BCUT2D eigenvalue weighted by atomic mass is 10.0. The Kier molecular flexibility index (Phi) is 7.64. The largest absolute Gasteiger partial charge is 0.493 e. The number of halogens is 1. The van der Waals surface area contributed by atoms with E-state index in [1.807, 2.05) is 47.4 Å². The van der Waals surface area contributed by atoms with Gasteiger partial charge in [-0.3, -0.25) is 4.79 Å². The molecule has 156 valence electrons. The van der Waals surface area contributed by atoms with E-state index in [4.69, 9.17) is 21.1 Å². The first kappa shape index (κ1) is 21.3. The molecule has 0 unspecified atom stereocenters. The average molecular weight is 417 g/mol. The number of benzene rings is 2. The molecule has 1 fully saturated rings. The molecular weight excluding hydrogens is 388 g/mol. The van der Waals surface area contributed by atoms with Crippen LogP contribution in [0.25, 0.3) is 0 Å².